The maximum atomic E-state index is 13.3. The summed E-state index contributed by atoms with van der Waals surface area (Å²) in [4.78, 5) is 0. The van der Waals surface area contributed by atoms with Gasteiger partial charge >= 0.3 is 0 Å². The van der Waals surface area contributed by atoms with Crippen LogP contribution in [0.5, 0.6) is 0 Å². The lowest BCUT2D eigenvalue weighted by molar-refractivity contribution is 0.337. The van der Waals surface area contributed by atoms with Crippen LogP contribution in [0.4, 0.5) is 4.39 Å². The Bertz CT molecular complexity index is 408. The van der Waals surface area contributed by atoms with Crippen molar-refractivity contribution in [2.24, 2.45) is 5.92 Å². The summed E-state index contributed by atoms with van der Waals surface area (Å²) in [5, 5.41) is 3.63. The third-order valence-corrected chi connectivity index (χ3v) is 4.71. The highest BCUT2D eigenvalue weighted by Crippen LogP contribution is 2.28. The van der Waals surface area contributed by atoms with E-state index >= 15 is 0 Å². The van der Waals surface area contributed by atoms with E-state index in [2.05, 4.69) is 28.2 Å². The highest BCUT2D eigenvalue weighted by atomic mass is 79.9. The first-order chi connectivity index (χ1) is 9.20. The smallest absolute Gasteiger partial charge is 0.137 e. The Kier molecular flexibility index (Phi) is 5.83. The van der Waals surface area contributed by atoms with Crippen molar-refractivity contribution < 1.29 is 4.39 Å². The lowest BCUT2D eigenvalue weighted by Gasteiger charge is -2.26. The Labute approximate surface area is 124 Å². The molecule has 0 saturated heterocycles. The number of nitrogens with one attached hydrogen (secondary N) is 1. The van der Waals surface area contributed by atoms with Gasteiger partial charge in [-0.05, 0) is 65.4 Å². The average molecular weight is 328 g/mol. The highest BCUT2D eigenvalue weighted by molar-refractivity contribution is 9.10. The zero-order valence-electron chi connectivity index (χ0n) is 11.6. The molecular formula is C16H23BrFN. The Morgan fingerprint density at radius 1 is 1.26 bits per heavy atom. The molecule has 0 aromatic heterocycles. The lowest BCUT2D eigenvalue weighted by atomic mass is 9.88. The van der Waals surface area contributed by atoms with Crippen LogP contribution in [0.15, 0.2) is 22.7 Å². The van der Waals surface area contributed by atoms with Gasteiger partial charge < -0.3 is 5.32 Å². The SMILES string of the molecule is CCNC1CCCCCC1Cc1ccc(F)c(Br)c1. The summed E-state index contributed by atoms with van der Waals surface area (Å²) >= 11 is 3.28. The van der Waals surface area contributed by atoms with Gasteiger partial charge in [-0.25, -0.2) is 4.39 Å². The molecule has 2 unspecified atom stereocenters. The van der Waals surface area contributed by atoms with E-state index in [4.69, 9.17) is 0 Å². The van der Waals surface area contributed by atoms with Gasteiger partial charge in [0.15, 0.2) is 0 Å². The number of hydrogen-bond donors (Lipinski definition) is 1. The maximum absolute atomic E-state index is 13.3. The Balaban J connectivity index is 2.06. The molecule has 0 aliphatic heterocycles. The third kappa shape index (κ3) is 4.28. The molecule has 1 aliphatic rings. The van der Waals surface area contributed by atoms with Crippen molar-refractivity contribution in [3.63, 3.8) is 0 Å². The van der Waals surface area contributed by atoms with Crippen LogP contribution in [0.1, 0.15) is 44.6 Å². The standard InChI is InChI=1S/C16H23BrFN/c1-2-19-16-7-5-3-4-6-13(16)10-12-8-9-15(18)14(17)11-12/h8-9,11,13,16,19H,2-7,10H2,1H3. The fourth-order valence-corrected chi connectivity index (χ4v) is 3.56. The van der Waals surface area contributed by atoms with Gasteiger partial charge in [-0.2, -0.15) is 0 Å². The zero-order chi connectivity index (χ0) is 13.7. The molecule has 1 nitrogen and oxygen atoms in total. The molecule has 2 rings (SSSR count). The zero-order valence-corrected chi connectivity index (χ0v) is 13.2. The Morgan fingerprint density at radius 3 is 2.79 bits per heavy atom. The van der Waals surface area contributed by atoms with E-state index in [1.165, 1.54) is 37.7 Å². The van der Waals surface area contributed by atoms with Gasteiger partial charge in [-0.3, -0.25) is 0 Å². The summed E-state index contributed by atoms with van der Waals surface area (Å²) in [6.45, 7) is 3.21. The topological polar surface area (TPSA) is 12.0 Å². The van der Waals surface area contributed by atoms with Crippen molar-refractivity contribution >= 4 is 15.9 Å². The van der Waals surface area contributed by atoms with E-state index in [9.17, 15) is 4.39 Å². The van der Waals surface area contributed by atoms with Crippen molar-refractivity contribution in [1.29, 1.82) is 0 Å². The summed E-state index contributed by atoms with van der Waals surface area (Å²) in [6, 6.07) is 6.05. The molecule has 0 spiro atoms. The number of rotatable bonds is 4. The minimum absolute atomic E-state index is 0.173. The first kappa shape index (κ1) is 15.0. The minimum Gasteiger partial charge on any atom is -0.314 e. The number of halogens is 2. The van der Waals surface area contributed by atoms with Crippen LogP contribution in [-0.4, -0.2) is 12.6 Å². The molecule has 1 N–H and O–H groups in total. The van der Waals surface area contributed by atoms with Crippen LogP contribution < -0.4 is 5.32 Å². The molecule has 2 atom stereocenters. The molecule has 19 heavy (non-hydrogen) atoms. The summed E-state index contributed by atoms with van der Waals surface area (Å²) < 4.78 is 13.9. The summed E-state index contributed by atoms with van der Waals surface area (Å²) in [5.41, 5.74) is 1.24. The van der Waals surface area contributed by atoms with Gasteiger partial charge in [0, 0.05) is 6.04 Å². The van der Waals surface area contributed by atoms with E-state index in [-0.39, 0.29) is 5.82 Å². The second kappa shape index (κ2) is 7.39. The summed E-state index contributed by atoms with van der Waals surface area (Å²) in [7, 11) is 0. The van der Waals surface area contributed by atoms with Gasteiger partial charge in [-0.15, -0.1) is 0 Å². The first-order valence-corrected chi connectivity index (χ1v) is 8.17. The molecule has 0 amide bonds. The molecule has 0 heterocycles. The van der Waals surface area contributed by atoms with Crippen LogP contribution in [-0.2, 0) is 6.42 Å². The summed E-state index contributed by atoms with van der Waals surface area (Å²) in [5.74, 6) is 0.507. The van der Waals surface area contributed by atoms with Crippen LogP contribution in [0, 0.1) is 11.7 Å². The van der Waals surface area contributed by atoms with Crippen molar-refractivity contribution in [2.75, 3.05) is 6.54 Å². The summed E-state index contributed by atoms with van der Waals surface area (Å²) in [6.07, 6.45) is 7.63. The van der Waals surface area contributed by atoms with Crippen LogP contribution in [0.25, 0.3) is 0 Å². The molecule has 1 aromatic rings. The molecule has 1 aromatic carbocycles. The van der Waals surface area contributed by atoms with E-state index in [1.54, 1.807) is 6.07 Å². The molecule has 0 radical (unpaired) electrons. The molecule has 3 heteroatoms. The van der Waals surface area contributed by atoms with E-state index in [0.29, 0.717) is 16.4 Å². The molecule has 1 fully saturated rings. The minimum atomic E-state index is -0.173. The number of hydrogen-bond acceptors (Lipinski definition) is 1. The second-order valence-corrected chi connectivity index (χ2v) is 6.37. The normalized spacial score (nSPS) is 24.2. The van der Waals surface area contributed by atoms with Crippen molar-refractivity contribution in [3.05, 3.63) is 34.1 Å². The van der Waals surface area contributed by atoms with Gasteiger partial charge in [0.05, 0.1) is 4.47 Å². The average Bonchev–Trinajstić information content (AvgIpc) is 2.61. The maximum Gasteiger partial charge on any atom is 0.137 e. The monoisotopic (exact) mass is 327 g/mol. The van der Waals surface area contributed by atoms with E-state index < -0.39 is 0 Å². The number of benzene rings is 1. The molecule has 106 valence electrons. The second-order valence-electron chi connectivity index (χ2n) is 5.51. The van der Waals surface area contributed by atoms with E-state index in [1.807, 2.05) is 12.1 Å². The highest BCUT2D eigenvalue weighted by Gasteiger charge is 2.23. The van der Waals surface area contributed by atoms with Crippen molar-refractivity contribution in [1.82, 2.24) is 5.32 Å². The van der Waals surface area contributed by atoms with Crippen LogP contribution >= 0.6 is 15.9 Å². The molecule has 0 bridgehead atoms. The quantitative estimate of drug-likeness (QED) is 0.791. The first-order valence-electron chi connectivity index (χ1n) is 7.38. The third-order valence-electron chi connectivity index (χ3n) is 4.11. The molecule has 1 aliphatic carbocycles. The Hall–Kier alpha value is -0.410. The van der Waals surface area contributed by atoms with Crippen molar-refractivity contribution in [3.8, 4) is 0 Å². The predicted molar refractivity (Wildman–Crippen MR) is 81.8 cm³/mol. The van der Waals surface area contributed by atoms with Crippen LogP contribution in [0.2, 0.25) is 0 Å². The largest absolute Gasteiger partial charge is 0.314 e. The fraction of sp³-hybridized carbons (Fsp3) is 0.625. The molecular weight excluding hydrogens is 305 g/mol. The van der Waals surface area contributed by atoms with Gasteiger partial charge in [0.25, 0.3) is 0 Å². The predicted octanol–water partition coefficient (Wildman–Crippen LogP) is 4.69. The van der Waals surface area contributed by atoms with Crippen LogP contribution in [0.3, 0.4) is 0 Å². The van der Waals surface area contributed by atoms with Gasteiger partial charge in [0.1, 0.15) is 5.82 Å². The van der Waals surface area contributed by atoms with E-state index in [0.717, 1.165) is 13.0 Å². The fourth-order valence-electron chi connectivity index (χ4n) is 3.13. The van der Waals surface area contributed by atoms with Crippen molar-refractivity contribution in [2.45, 2.75) is 51.5 Å². The van der Waals surface area contributed by atoms with Gasteiger partial charge in [-0.1, -0.05) is 32.3 Å². The lowest BCUT2D eigenvalue weighted by Crippen LogP contribution is -2.36. The van der Waals surface area contributed by atoms with Gasteiger partial charge in [0.2, 0.25) is 0 Å². The molecule has 1 saturated carbocycles. The Morgan fingerprint density at radius 2 is 2.05 bits per heavy atom.